The molecule has 2 rings (SSSR count). The van der Waals surface area contributed by atoms with E-state index in [1.165, 1.54) is 6.33 Å². The molecule has 2 N–H and O–H groups in total. The molecule has 0 spiro atoms. The van der Waals surface area contributed by atoms with E-state index in [1.807, 2.05) is 26.0 Å². The number of ether oxygens (including phenoxy) is 1. The first kappa shape index (κ1) is 11.9. The van der Waals surface area contributed by atoms with E-state index in [1.54, 1.807) is 6.07 Å². The monoisotopic (exact) mass is 293 g/mol. The van der Waals surface area contributed by atoms with E-state index < -0.39 is 0 Å². The summed E-state index contributed by atoms with van der Waals surface area (Å²) < 4.78 is 6.71. The average molecular weight is 294 g/mol. The molecule has 0 saturated heterocycles. The van der Waals surface area contributed by atoms with E-state index in [4.69, 9.17) is 10.5 Å². The third kappa shape index (κ3) is 2.74. The van der Waals surface area contributed by atoms with Crippen LogP contribution in [-0.4, -0.2) is 9.97 Å². The van der Waals surface area contributed by atoms with Gasteiger partial charge >= 0.3 is 0 Å². The first-order valence-corrected chi connectivity index (χ1v) is 5.87. The van der Waals surface area contributed by atoms with Crippen LogP contribution < -0.4 is 10.5 Å². The number of nitrogen functional groups attached to an aromatic ring is 1. The van der Waals surface area contributed by atoms with Crippen molar-refractivity contribution >= 4 is 21.7 Å². The number of hydrogen-bond acceptors (Lipinski definition) is 4. The maximum atomic E-state index is 5.62. The van der Waals surface area contributed by atoms with Crippen molar-refractivity contribution in [2.75, 3.05) is 5.73 Å². The van der Waals surface area contributed by atoms with Gasteiger partial charge in [0.25, 0.3) is 0 Å². The summed E-state index contributed by atoms with van der Waals surface area (Å²) in [6.07, 6.45) is 1.38. The van der Waals surface area contributed by atoms with Gasteiger partial charge in [-0.25, -0.2) is 9.97 Å². The third-order valence-electron chi connectivity index (χ3n) is 2.30. The predicted octanol–water partition coefficient (Wildman–Crippen LogP) is 3.23. The quantitative estimate of drug-likeness (QED) is 0.923. The fourth-order valence-electron chi connectivity index (χ4n) is 1.50. The molecule has 2 aromatic rings. The zero-order valence-electron chi connectivity index (χ0n) is 9.57. The second-order valence-electron chi connectivity index (χ2n) is 3.75. The molecule has 0 bridgehead atoms. The van der Waals surface area contributed by atoms with Crippen molar-refractivity contribution in [3.8, 4) is 11.6 Å². The van der Waals surface area contributed by atoms with E-state index in [0.29, 0.717) is 11.7 Å². The summed E-state index contributed by atoms with van der Waals surface area (Å²) in [5.41, 5.74) is 7.78. The van der Waals surface area contributed by atoms with Crippen LogP contribution in [0.1, 0.15) is 11.1 Å². The lowest BCUT2D eigenvalue weighted by atomic mass is 10.1. The minimum atomic E-state index is 0.389. The Kier molecular flexibility index (Phi) is 3.28. The molecule has 0 aliphatic rings. The Hall–Kier alpha value is -1.62. The van der Waals surface area contributed by atoms with Crippen molar-refractivity contribution in [1.82, 2.24) is 9.97 Å². The zero-order chi connectivity index (χ0) is 12.4. The Labute approximate surface area is 108 Å². The Balaban J connectivity index is 2.31. The van der Waals surface area contributed by atoms with Gasteiger partial charge in [0.15, 0.2) is 0 Å². The summed E-state index contributed by atoms with van der Waals surface area (Å²) >= 11 is 3.51. The average Bonchev–Trinajstić information content (AvgIpc) is 2.26. The minimum absolute atomic E-state index is 0.389. The highest BCUT2D eigenvalue weighted by Gasteiger charge is 2.05. The third-order valence-corrected chi connectivity index (χ3v) is 3.55. The van der Waals surface area contributed by atoms with Gasteiger partial charge in [0.2, 0.25) is 5.88 Å². The van der Waals surface area contributed by atoms with Crippen LogP contribution in [-0.2, 0) is 0 Å². The minimum Gasteiger partial charge on any atom is -0.439 e. The molecule has 1 heterocycles. The lowest BCUT2D eigenvalue weighted by molar-refractivity contribution is 0.461. The Morgan fingerprint density at radius 3 is 2.35 bits per heavy atom. The number of nitrogens with zero attached hydrogens (tertiary/aromatic N) is 2. The van der Waals surface area contributed by atoms with Gasteiger partial charge in [0.1, 0.15) is 17.9 Å². The molecule has 0 aliphatic carbocycles. The zero-order valence-corrected chi connectivity index (χ0v) is 11.2. The largest absolute Gasteiger partial charge is 0.439 e. The van der Waals surface area contributed by atoms with Crippen molar-refractivity contribution < 1.29 is 4.74 Å². The van der Waals surface area contributed by atoms with Gasteiger partial charge in [-0.2, -0.15) is 0 Å². The van der Waals surface area contributed by atoms with Crippen LogP contribution in [0.5, 0.6) is 11.6 Å². The summed E-state index contributed by atoms with van der Waals surface area (Å²) in [5.74, 6) is 1.57. The maximum Gasteiger partial charge on any atom is 0.224 e. The molecule has 17 heavy (non-hydrogen) atoms. The molecule has 0 saturated carbocycles. The number of benzene rings is 1. The number of hydrogen-bond donors (Lipinski definition) is 1. The lowest BCUT2D eigenvalue weighted by Gasteiger charge is -2.09. The predicted molar refractivity (Wildman–Crippen MR) is 70.1 cm³/mol. The SMILES string of the molecule is Cc1cc(Oc2cc(N)ncn2)cc(C)c1Br. The molecule has 0 fully saturated rings. The normalized spacial score (nSPS) is 10.3. The van der Waals surface area contributed by atoms with Gasteiger partial charge in [-0.15, -0.1) is 0 Å². The molecule has 0 unspecified atom stereocenters. The summed E-state index contributed by atoms with van der Waals surface area (Å²) in [6.45, 7) is 4.02. The topological polar surface area (TPSA) is 61.0 Å². The van der Waals surface area contributed by atoms with Crippen LogP contribution in [0.15, 0.2) is 29.0 Å². The van der Waals surface area contributed by atoms with Crippen molar-refractivity contribution in [3.05, 3.63) is 40.1 Å². The van der Waals surface area contributed by atoms with Crippen LogP contribution in [0.3, 0.4) is 0 Å². The molecule has 1 aromatic heterocycles. The van der Waals surface area contributed by atoms with Gasteiger partial charge in [-0.1, -0.05) is 15.9 Å². The summed E-state index contributed by atoms with van der Waals surface area (Å²) in [6, 6.07) is 5.47. The number of nitrogens with two attached hydrogens (primary N) is 1. The van der Waals surface area contributed by atoms with E-state index in [-0.39, 0.29) is 0 Å². The molecule has 0 aliphatic heterocycles. The van der Waals surface area contributed by atoms with E-state index >= 15 is 0 Å². The second-order valence-corrected chi connectivity index (χ2v) is 4.55. The molecule has 5 heteroatoms. The summed E-state index contributed by atoms with van der Waals surface area (Å²) in [4.78, 5) is 7.80. The van der Waals surface area contributed by atoms with Crippen LogP contribution >= 0.6 is 15.9 Å². The van der Waals surface area contributed by atoms with Crippen LogP contribution in [0.2, 0.25) is 0 Å². The van der Waals surface area contributed by atoms with Crippen molar-refractivity contribution in [3.63, 3.8) is 0 Å². The molecule has 0 radical (unpaired) electrons. The molecule has 0 atom stereocenters. The van der Waals surface area contributed by atoms with E-state index in [2.05, 4.69) is 25.9 Å². The number of halogens is 1. The number of rotatable bonds is 2. The second kappa shape index (κ2) is 4.71. The standard InChI is InChI=1S/C12H12BrN3O/c1-7-3-9(4-8(2)12(7)13)17-11-5-10(14)15-6-16-11/h3-6H,1-2H3,(H2,14,15,16). The van der Waals surface area contributed by atoms with Crippen LogP contribution in [0.25, 0.3) is 0 Å². The van der Waals surface area contributed by atoms with Crippen molar-refractivity contribution in [2.45, 2.75) is 13.8 Å². The van der Waals surface area contributed by atoms with E-state index in [9.17, 15) is 0 Å². The van der Waals surface area contributed by atoms with Crippen LogP contribution in [0, 0.1) is 13.8 Å². The fraction of sp³-hybridized carbons (Fsp3) is 0.167. The molecule has 0 amide bonds. The number of anilines is 1. The van der Waals surface area contributed by atoms with E-state index in [0.717, 1.165) is 21.3 Å². The number of aromatic nitrogens is 2. The fourth-order valence-corrected chi connectivity index (χ4v) is 1.72. The molecular weight excluding hydrogens is 282 g/mol. The van der Waals surface area contributed by atoms with Crippen molar-refractivity contribution in [2.24, 2.45) is 0 Å². The van der Waals surface area contributed by atoms with Gasteiger partial charge in [-0.3, -0.25) is 0 Å². The molecular formula is C12H12BrN3O. The first-order chi connectivity index (χ1) is 8.06. The van der Waals surface area contributed by atoms with Gasteiger partial charge < -0.3 is 10.5 Å². The first-order valence-electron chi connectivity index (χ1n) is 5.08. The van der Waals surface area contributed by atoms with Gasteiger partial charge in [0.05, 0.1) is 0 Å². The highest BCUT2D eigenvalue weighted by molar-refractivity contribution is 9.10. The summed E-state index contributed by atoms with van der Waals surface area (Å²) in [7, 11) is 0. The number of aryl methyl sites for hydroxylation is 2. The smallest absolute Gasteiger partial charge is 0.224 e. The summed E-state index contributed by atoms with van der Waals surface area (Å²) in [5, 5.41) is 0. The van der Waals surface area contributed by atoms with Gasteiger partial charge in [0, 0.05) is 10.5 Å². The van der Waals surface area contributed by atoms with Crippen LogP contribution in [0.4, 0.5) is 5.82 Å². The van der Waals surface area contributed by atoms with Gasteiger partial charge in [-0.05, 0) is 37.1 Å². The van der Waals surface area contributed by atoms with Crippen molar-refractivity contribution in [1.29, 1.82) is 0 Å². The highest BCUT2D eigenvalue weighted by atomic mass is 79.9. The Bertz CT molecular complexity index is 534. The molecule has 4 nitrogen and oxygen atoms in total. The Morgan fingerprint density at radius 2 is 1.76 bits per heavy atom. The maximum absolute atomic E-state index is 5.62. The lowest BCUT2D eigenvalue weighted by Crippen LogP contribution is -1.94. The Morgan fingerprint density at radius 1 is 1.12 bits per heavy atom. The molecule has 1 aromatic carbocycles. The highest BCUT2D eigenvalue weighted by Crippen LogP contribution is 2.28. The molecule has 88 valence electrons.